The molecule has 0 radical (unpaired) electrons. The van der Waals surface area contributed by atoms with Gasteiger partial charge < -0.3 is 9.80 Å². The Balaban J connectivity index is 1.64. The molecule has 0 N–H and O–H groups in total. The Hall–Kier alpha value is -2.94. The van der Waals surface area contributed by atoms with Gasteiger partial charge in [0.25, 0.3) is 5.91 Å². The van der Waals surface area contributed by atoms with Crippen molar-refractivity contribution in [3.63, 3.8) is 0 Å². The van der Waals surface area contributed by atoms with Crippen molar-refractivity contribution in [3.05, 3.63) is 59.2 Å². The Morgan fingerprint density at radius 1 is 1.19 bits per heavy atom. The number of piperazine rings is 1. The molecule has 2 heterocycles. The third-order valence-corrected chi connectivity index (χ3v) is 4.61. The molecule has 0 spiro atoms. The van der Waals surface area contributed by atoms with Gasteiger partial charge in [0.2, 0.25) is 0 Å². The third kappa shape index (κ3) is 3.67. The smallest absolute Gasteiger partial charge is 0.255 e. The largest absolute Gasteiger partial charge is 0.366 e. The van der Waals surface area contributed by atoms with Gasteiger partial charge in [-0.2, -0.15) is 5.26 Å². The van der Waals surface area contributed by atoms with Gasteiger partial charge in [0, 0.05) is 38.1 Å². The third-order valence-electron chi connectivity index (χ3n) is 4.61. The zero-order valence-corrected chi connectivity index (χ0v) is 14.9. The number of nitriles is 1. The number of carbonyl (C=O) groups is 1. The van der Waals surface area contributed by atoms with Gasteiger partial charge >= 0.3 is 0 Å². The van der Waals surface area contributed by atoms with Gasteiger partial charge in [-0.3, -0.25) is 9.78 Å². The summed E-state index contributed by atoms with van der Waals surface area (Å²) in [5, 5.41) is 8.84. The summed E-state index contributed by atoms with van der Waals surface area (Å²) in [6, 6.07) is 10.1. The second-order valence-electron chi connectivity index (χ2n) is 6.68. The number of hydrogen-bond donors (Lipinski definition) is 0. The van der Waals surface area contributed by atoms with Gasteiger partial charge in [0.15, 0.2) is 0 Å². The minimum Gasteiger partial charge on any atom is -0.366 e. The molecular formula is C20H21FN4O. The molecule has 134 valence electrons. The van der Waals surface area contributed by atoms with Crippen LogP contribution in [0.25, 0.3) is 0 Å². The highest BCUT2D eigenvalue weighted by Crippen LogP contribution is 2.22. The van der Waals surface area contributed by atoms with Crippen molar-refractivity contribution < 1.29 is 9.18 Å². The lowest BCUT2D eigenvalue weighted by molar-refractivity contribution is 0.0746. The maximum Gasteiger partial charge on any atom is 0.255 e. The minimum absolute atomic E-state index is 0.0484. The van der Waals surface area contributed by atoms with Crippen LogP contribution in [-0.4, -0.2) is 42.0 Å². The number of benzene rings is 1. The molecule has 3 rings (SSSR count). The first-order chi connectivity index (χ1) is 12.5. The highest BCUT2D eigenvalue weighted by atomic mass is 19.1. The van der Waals surface area contributed by atoms with Gasteiger partial charge in [-0.25, -0.2) is 4.39 Å². The molecule has 1 aliphatic heterocycles. The van der Waals surface area contributed by atoms with Crippen LogP contribution in [0.3, 0.4) is 0 Å². The van der Waals surface area contributed by atoms with Crippen molar-refractivity contribution in [1.82, 2.24) is 9.88 Å². The van der Waals surface area contributed by atoms with E-state index in [-0.39, 0.29) is 5.91 Å². The number of carbonyl (C=O) groups excluding carboxylic acids is 1. The number of anilines is 1. The van der Waals surface area contributed by atoms with Crippen LogP contribution < -0.4 is 4.90 Å². The molecule has 6 heteroatoms. The molecule has 1 saturated heterocycles. The summed E-state index contributed by atoms with van der Waals surface area (Å²) in [4.78, 5) is 20.7. The highest BCUT2D eigenvalue weighted by molar-refractivity contribution is 5.94. The molecule has 0 unspecified atom stereocenters. The predicted octanol–water partition coefficient (Wildman–Crippen LogP) is 3.18. The molecule has 0 atom stereocenters. The van der Waals surface area contributed by atoms with Crippen molar-refractivity contribution in [2.45, 2.75) is 19.8 Å². The van der Waals surface area contributed by atoms with E-state index in [0.29, 0.717) is 48.9 Å². The molecule has 1 aliphatic rings. The van der Waals surface area contributed by atoms with Crippen LogP contribution in [0.15, 0.2) is 36.5 Å². The van der Waals surface area contributed by atoms with Crippen LogP contribution in [0.1, 0.15) is 41.4 Å². The predicted molar refractivity (Wildman–Crippen MR) is 97.6 cm³/mol. The van der Waals surface area contributed by atoms with Crippen LogP contribution in [0, 0.1) is 17.1 Å². The summed E-state index contributed by atoms with van der Waals surface area (Å²) < 4.78 is 14.2. The maximum absolute atomic E-state index is 14.2. The lowest BCUT2D eigenvalue weighted by atomic mass is 10.1. The van der Waals surface area contributed by atoms with E-state index in [1.807, 2.05) is 23.1 Å². The van der Waals surface area contributed by atoms with Crippen LogP contribution in [0.4, 0.5) is 10.1 Å². The van der Waals surface area contributed by atoms with E-state index in [2.05, 4.69) is 18.8 Å². The number of halogens is 1. The SMILES string of the molecule is CC(C)c1ccc(C(=O)N2CCN(c3ccc(C#N)cc3F)CC2)cn1. The molecule has 1 fully saturated rings. The molecule has 0 bridgehead atoms. The van der Waals surface area contributed by atoms with Crippen molar-refractivity contribution in [2.75, 3.05) is 31.1 Å². The van der Waals surface area contributed by atoms with Gasteiger partial charge in [-0.1, -0.05) is 13.8 Å². The second kappa shape index (κ2) is 7.52. The van der Waals surface area contributed by atoms with Crippen molar-refractivity contribution in [2.24, 2.45) is 0 Å². The summed E-state index contributed by atoms with van der Waals surface area (Å²) in [6.07, 6.45) is 1.63. The number of aromatic nitrogens is 1. The average molecular weight is 352 g/mol. The molecule has 2 aromatic rings. The van der Waals surface area contributed by atoms with Gasteiger partial charge in [-0.05, 0) is 36.2 Å². The van der Waals surface area contributed by atoms with Crippen LogP contribution >= 0.6 is 0 Å². The Morgan fingerprint density at radius 2 is 1.92 bits per heavy atom. The van der Waals surface area contributed by atoms with E-state index in [1.54, 1.807) is 23.2 Å². The molecular weight excluding hydrogens is 331 g/mol. The van der Waals surface area contributed by atoms with E-state index in [0.717, 1.165) is 5.69 Å². The van der Waals surface area contributed by atoms with Gasteiger partial charge in [-0.15, -0.1) is 0 Å². The number of hydrogen-bond acceptors (Lipinski definition) is 4. The maximum atomic E-state index is 14.2. The van der Waals surface area contributed by atoms with E-state index in [1.165, 1.54) is 6.07 Å². The summed E-state index contributed by atoms with van der Waals surface area (Å²) in [7, 11) is 0. The van der Waals surface area contributed by atoms with Crippen molar-refractivity contribution in [1.29, 1.82) is 5.26 Å². The minimum atomic E-state index is -0.405. The normalized spacial score (nSPS) is 14.4. The number of rotatable bonds is 3. The summed E-state index contributed by atoms with van der Waals surface area (Å²) in [6.45, 7) is 6.25. The second-order valence-corrected chi connectivity index (χ2v) is 6.68. The first-order valence-corrected chi connectivity index (χ1v) is 8.69. The Kier molecular flexibility index (Phi) is 5.17. The fourth-order valence-electron chi connectivity index (χ4n) is 3.04. The zero-order valence-electron chi connectivity index (χ0n) is 14.9. The zero-order chi connectivity index (χ0) is 18.7. The summed E-state index contributed by atoms with van der Waals surface area (Å²) >= 11 is 0. The lowest BCUT2D eigenvalue weighted by Crippen LogP contribution is -2.49. The van der Waals surface area contributed by atoms with E-state index in [9.17, 15) is 9.18 Å². The van der Waals surface area contributed by atoms with Gasteiger partial charge in [0.05, 0.1) is 22.9 Å². The lowest BCUT2D eigenvalue weighted by Gasteiger charge is -2.36. The first-order valence-electron chi connectivity index (χ1n) is 8.69. The number of pyridine rings is 1. The standard InChI is InChI=1S/C20H21FN4O/c1-14(2)18-5-4-16(13-23-18)20(26)25-9-7-24(8-10-25)19-6-3-15(12-22)11-17(19)21/h3-6,11,13-14H,7-10H2,1-2H3. The van der Waals surface area contributed by atoms with Crippen molar-refractivity contribution >= 4 is 11.6 Å². The number of nitrogens with zero attached hydrogens (tertiary/aromatic N) is 4. The van der Waals surface area contributed by atoms with Gasteiger partial charge in [0.1, 0.15) is 5.82 Å². The quantitative estimate of drug-likeness (QED) is 0.851. The first kappa shape index (κ1) is 17.9. The molecule has 5 nitrogen and oxygen atoms in total. The monoisotopic (exact) mass is 352 g/mol. The van der Waals surface area contributed by atoms with E-state index < -0.39 is 5.82 Å². The molecule has 0 aliphatic carbocycles. The molecule has 1 aromatic carbocycles. The molecule has 1 aromatic heterocycles. The summed E-state index contributed by atoms with van der Waals surface area (Å²) in [5.74, 6) is -0.130. The fraction of sp³-hybridized carbons (Fsp3) is 0.350. The van der Waals surface area contributed by atoms with E-state index in [4.69, 9.17) is 5.26 Å². The number of amides is 1. The highest BCUT2D eigenvalue weighted by Gasteiger charge is 2.24. The molecule has 1 amide bonds. The average Bonchev–Trinajstić information content (AvgIpc) is 2.67. The van der Waals surface area contributed by atoms with Crippen LogP contribution in [0.2, 0.25) is 0 Å². The Labute approximate surface area is 152 Å². The molecule has 26 heavy (non-hydrogen) atoms. The Morgan fingerprint density at radius 3 is 2.46 bits per heavy atom. The fourth-order valence-corrected chi connectivity index (χ4v) is 3.04. The Bertz CT molecular complexity index is 834. The van der Waals surface area contributed by atoms with Crippen LogP contribution in [0.5, 0.6) is 0 Å². The van der Waals surface area contributed by atoms with Crippen molar-refractivity contribution in [3.8, 4) is 6.07 Å². The molecule has 0 saturated carbocycles. The summed E-state index contributed by atoms with van der Waals surface area (Å²) in [5.41, 5.74) is 2.31. The van der Waals surface area contributed by atoms with Crippen LogP contribution in [-0.2, 0) is 0 Å². The van der Waals surface area contributed by atoms with E-state index >= 15 is 0 Å². The topological polar surface area (TPSA) is 60.2 Å².